The molecule has 0 radical (unpaired) electrons. The van der Waals surface area contributed by atoms with Gasteiger partial charge < -0.3 is 5.11 Å². The van der Waals surface area contributed by atoms with Crippen LogP contribution < -0.4 is 0 Å². The van der Waals surface area contributed by atoms with Crippen LogP contribution in [0.3, 0.4) is 0 Å². The first-order valence-corrected chi connectivity index (χ1v) is 9.51. The summed E-state index contributed by atoms with van der Waals surface area (Å²) in [5.41, 5.74) is 1.21. The number of likely N-dealkylation sites (tertiary alicyclic amines) is 1. The summed E-state index contributed by atoms with van der Waals surface area (Å²) in [6, 6.07) is 10.4. The molecule has 1 aromatic carbocycles. The Kier molecular flexibility index (Phi) is 5.97. The maximum Gasteiger partial charge on any atom is 0.318 e. The molecule has 2 rings (SSSR count). The van der Waals surface area contributed by atoms with E-state index in [0.29, 0.717) is 6.54 Å². The van der Waals surface area contributed by atoms with E-state index in [1.807, 2.05) is 18.2 Å². The highest BCUT2D eigenvalue weighted by molar-refractivity contribution is 7.92. The van der Waals surface area contributed by atoms with Crippen molar-refractivity contribution in [3.63, 3.8) is 0 Å². The molecule has 0 amide bonds. The average molecular weight is 325 g/mol. The number of sulfone groups is 1. The normalized spacial score (nSPS) is 20.5. The molecule has 0 aliphatic carbocycles. The molecular weight excluding hydrogens is 302 g/mol. The minimum atomic E-state index is -3.54. The lowest BCUT2D eigenvalue weighted by Crippen LogP contribution is -2.34. The summed E-state index contributed by atoms with van der Waals surface area (Å²) in [6.45, 7) is 1.26. The third-order valence-electron chi connectivity index (χ3n) is 4.08. The number of carbonyl (C=O) groups is 1. The van der Waals surface area contributed by atoms with E-state index in [4.69, 9.17) is 5.11 Å². The molecule has 5 nitrogen and oxygen atoms in total. The molecule has 1 fully saturated rings. The van der Waals surface area contributed by atoms with Crippen LogP contribution in [0.2, 0.25) is 0 Å². The fourth-order valence-corrected chi connectivity index (χ4v) is 4.04. The van der Waals surface area contributed by atoms with Gasteiger partial charge in [0.15, 0.2) is 9.84 Å². The highest BCUT2D eigenvalue weighted by atomic mass is 32.2. The molecule has 1 N–H and O–H groups in total. The largest absolute Gasteiger partial charge is 0.480 e. The van der Waals surface area contributed by atoms with Crippen molar-refractivity contribution in [2.24, 2.45) is 0 Å². The minimum absolute atomic E-state index is 0.0946. The summed E-state index contributed by atoms with van der Waals surface area (Å²) >= 11 is 0. The molecule has 22 heavy (non-hydrogen) atoms. The van der Waals surface area contributed by atoms with E-state index in [-0.39, 0.29) is 11.8 Å². The van der Waals surface area contributed by atoms with Crippen LogP contribution in [0.5, 0.6) is 0 Å². The number of carboxylic acid groups (broad SMARTS) is 1. The Morgan fingerprint density at radius 2 is 1.91 bits per heavy atom. The smallest absolute Gasteiger partial charge is 0.318 e. The van der Waals surface area contributed by atoms with Crippen LogP contribution in [0.4, 0.5) is 0 Å². The van der Waals surface area contributed by atoms with Crippen LogP contribution in [0, 0.1) is 0 Å². The fourth-order valence-electron chi connectivity index (χ4n) is 3.00. The highest BCUT2D eigenvalue weighted by Crippen LogP contribution is 2.29. The van der Waals surface area contributed by atoms with Gasteiger partial charge in [0.25, 0.3) is 0 Å². The second kappa shape index (κ2) is 7.74. The Bertz CT molecular complexity index is 585. The van der Waals surface area contributed by atoms with Crippen LogP contribution >= 0.6 is 0 Å². The number of aliphatic carboxylic acids is 1. The summed E-state index contributed by atoms with van der Waals surface area (Å²) in [7, 11) is -3.54. The molecule has 122 valence electrons. The quantitative estimate of drug-likeness (QED) is 0.867. The lowest BCUT2D eigenvalue weighted by atomic mass is 10.0. The monoisotopic (exact) mass is 325 g/mol. The first-order valence-electron chi connectivity index (χ1n) is 7.69. The van der Waals surface area contributed by atoms with Crippen molar-refractivity contribution in [3.8, 4) is 0 Å². The zero-order chi connectivity index (χ0) is 16.0. The van der Waals surface area contributed by atoms with Crippen LogP contribution in [-0.4, -0.2) is 49.0 Å². The van der Waals surface area contributed by atoms with E-state index in [1.54, 1.807) is 0 Å². The number of nitrogens with zero attached hydrogens (tertiary/aromatic N) is 1. The first kappa shape index (κ1) is 17.0. The molecule has 1 saturated heterocycles. The van der Waals surface area contributed by atoms with Crippen LogP contribution in [0.25, 0.3) is 0 Å². The SMILES string of the molecule is O=C(O)CS(=O)(=O)CCN1CCCCCC1c1ccccc1. The van der Waals surface area contributed by atoms with E-state index >= 15 is 0 Å². The van der Waals surface area contributed by atoms with Gasteiger partial charge in [0.2, 0.25) is 0 Å². The Labute approximate surface area is 131 Å². The van der Waals surface area contributed by atoms with Gasteiger partial charge in [-0.2, -0.15) is 0 Å². The van der Waals surface area contributed by atoms with Crippen LogP contribution in [0.15, 0.2) is 30.3 Å². The van der Waals surface area contributed by atoms with Gasteiger partial charge in [0.1, 0.15) is 5.75 Å². The van der Waals surface area contributed by atoms with Gasteiger partial charge in [-0.1, -0.05) is 43.2 Å². The molecule has 1 unspecified atom stereocenters. The highest BCUT2D eigenvalue weighted by Gasteiger charge is 2.25. The standard InChI is InChI=1S/C16H23NO4S/c18-16(19)13-22(20,21)12-11-17-10-6-2-5-9-15(17)14-7-3-1-4-8-14/h1,3-4,7-8,15H,2,5-6,9-13H2,(H,18,19). The van der Waals surface area contributed by atoms with Crippen molar-refractivity contribution in [1.82, 2.24) is 4.90 Å². The van der Waals surface area contributed by atoms with Crippen molar-refractivity contribution < 1.29 is 18.3 Å². The van der Waals surface area contributed by atoms with E-state index in [0.717, 1.165) is 32.2 Å². The lowest BCUT2D eigenvalue weighted by molar-refractivity contribution is -0.134. The predicted octanol–water partition coefficient (Wildman–Crippen LogP) is 2.10. The van der Waals surface area contributed by atoms with Gasteiger partial charge in [-0.3, -0.25) is 9.69 Å². The molecule has 0 spiro atoms. The number of carboxylic acids is 1. The summed E-state index contributed by atoms with van der Waals surface area (Å²) < 4.78 is 23.6. The summed E-state index contributed by atoms with van der Waals surface area (Å²) in [6.07, 6.45) is 4.37. The maximum absolute atomic E-state index is 11.8. The Balaban J connectivity index is 2.07. The molecule has 1 atom stereocenters. The average Bonchev–Trinajstić information content (AvgIpc) is 2.70. The second-order valence-corrected chi connectivity index (χ2v) is 7.98. The maximum atomic E-state index is 11.8. The molecule has 0 aromatic heterocycles. The van der Waals surface area contributed by atoms with Crippen molar-refractivity contribution in [2.75, 3.05) is 24.6 Å². The molecule has 0 bridgehead atoms. The third-order valence-corrected chi connectivity index (χ3v) is 5.57. The first-order chi connectivity index (χ1) is 10.5. The Hall–Kier alpha value is -1.40. The van der Waals surface area contributed by atoms with E-state index in [1.165, 1.54) is 5.56 Å². The van der Waals surface area contributed by atoms with Crippen LogP contribution in [-0.2, 0) is 14.6 Å². The van der Waals surface area contributed by atoms with Crippen molar-refractivity contribution in [2.45, 2.75) is 31.7 Å². The van der Waals surface area contributed by atoms with Gasteiger partial charge in [0, 0.05) is 12.6 Å². The molecule has 0 saturated carbocycles. The van der Waals surface area contributed by atoms with Crippen molar-refractivity contribution in [1.29, 1.82) is 0 Å². The Morgan fingerprint density at radius 3 is 2.59 bits per heavy atom. The molecule has 1 aliphatic heterocycles. The fraction of sp³-hybridized carbons (Fsp3) is 0.562. The van der Waals surface area contributed by atoms with E-state index in [9.17, 15) is 13.2 Å². The van der Waals surface area contributed by atoms with Gasteiger partial charge in [-0.15, -0.1) is 0 Å². The summed E-state index contributed by atoms with van der Waals surface area (Å²) in [5, 5.41) is 8.67. The van der Waals surface area contributed by atoms with Gasteiger partial charge in [-0.25, -0.2) is 8.42 Å². The molecule has 1 aromatic rings. The van der Waals surface area contributed by atoms with Gasteiger partial charge in [-0.05, 0) is 24.9 Å². The van der Waals surface area contributed by atoms with Crippen molar-refractivity contribution >= 4 is 15.8 Å². The van der Waals surface area contributed by atoms with Gasteiger partial charge >= 0.3 is 5.97 Å². The minimum Gasteiger partial charge on any atom is -0.480 e. The molecular formula is C16H23NO4S. The zero-order valence-corrected chi connectivity index (χ0v) is 13.5. The van der Waals surface area contributed by atoms with E-state index in [2.05, 4.69) is 17.0 Å². The third kappa shape index (κ3) is 5.10. The van der Waals surface area contributed by atoms with Crippen LogP contribution in [0.1, 0.15) is 37.3 Å². The predicted molar refractivity (Wildman–Crippen MR) is 85.5 cm³/mol. The molecule has 1 heterocycles. The molecule has 6 heteroatoms. The number of hydrogen-bond donors (Lipinski definition) is 1. The lowest BCUT2D eigenvalue weighted by Gasteiger charge is -2.30. The van der Waals surface area contributed by atoms with E-state index < -0.39 is 21.6 Å². The number of benzene rings is 1. The van der Waals surface area contributed by atoms with Gasteiger partial charge in [0.05, 0.1) is 5.75 Å². The number of hydrogen-bond acceptors (Lipinski definition) is 4. The second-order valence-electron chi connectivity index (χ2n) is 5.80. The molecule has 1 aliphatic rings. The Morgan fingerprint density at radius 1 is 1.18 bits per heavy atom. The zero-order valence-electron chi connectivity index (χ0n) is 12.6. The van der Waals surface area contributed by atoms with Crippen molar-refractivity contribution in [3.05, 3.63) is 35.9 Å². The number of rotatable bonds is 6. The summed E-state index contributed by atoms with van der Waals surface area (Å²) in [5.74, 6) is -2.16. The topological polar surface area (TPSA) is 74.7 Å². The summed E-state index contributed by atoms with van der Waals surface area (Å²) in [4.78, 5) is 12.8.